The van der Waals surface area contributed by atoms with Crippen LogP contribution in [0.2, 0.25) is 0 Å². The monoisotopic (exact) mass is 417 g/mol. The van der Waals surface area contributed by atoms with E-state index in [2.05, 4.69) is 9.88 Å². The number of aryl methyl sites for hydroxylation is 1. The molecule has 1 N–H and O–H groups in total. The number of hydrogen-bond acceptors (Lipinski definition) is 3. The zero-order valence-electron chi connectivity index (χ0n) is 17.3. The minimum Gasteiger partial charge on any atom is -0.492 e. The van der Waals surface area contributed by atoms with Gasteiger partial charge in [0.2, 0.25) is 0 Å². The Morgan fingerprint density at radius 1 is 1.06 bits per heavy atom. The van der Waals surface area contributed by atoms with E-state index in [9.17, 15) is 9.18 Å². The number of ether oxygens (including phenoxy) is 1. The topological polar surface area (TPSA) is 56.1 Å². The van der Waals surface area contributed by atoms with Crippen molar-refractivity contribution in [2.24, 2.45) is 0 Å². The van der Waals surface area contributed by atoms with E-state index in [0.29, 0.717) is 31.7 Å². The number of carbonyl (C=O) groups is 1. The van der Waals surface area contributed by atoms with Gasteiger partial charge in [-0.3, -0.25) is 4.79 Å². The van der Waals surface area contributed by atoms with Crippen LogP contribution in [0, 0.1) is 12.7 Å². The van der Waals surface area contributed by atoms with Crippen molar-refractivity contribution in [1.82, 2.24) is 14.9 Å². The zero-order valence-corrected chi connectivity index (χ0v) is 17.3. The fourth-order valence-corrected chi connectivity index (χ4v) is 3.47. The normalized spacial score (nSPS) is 10.9. The van der Waals surface area contributed by atoms with Crippen molar-refractivity contribution in [2.75, 3.05) is 13.2 Å². The highest BCUT2D eigenvalue weighted by Gasteiger charge is 2.12. The minimum absolute atomic E-state index is 0.301. The Morgan fingerprint density at radius 2 is 1.87 bits per heavy atom. The van der Waals surface area contributed by atoms with Gasteiger partial charge >= 0.3 is 0 Å². The maximum absolute atomic E-state index is 13.3. The predicted molar refractivity (Wildman–Crippen MR) is 119 cm³/mol. The van der Waals surface area contributed by atoms with Gasteiger partial charge in [-0.25, -0.2) is 9.37 Å². The molecule has 1 heterocycles. The second-order valence-corrected chi connectivity index (χ2v) is 7.35. The predicted octanol–water partition coefficient (Wildman–Crippen LogP) is 4.54. The largest absolute Gasteiger partial charge is 0.492 e. The smallest absolute Gasteiger partial charge is 0.251 e. The highest BCUT2D eigenvalue weighted by atomic mass is 19.1. The third-order valence-corrected chi connectivity index (χ3v) is 5.06. The van der Waals surface area contributed by atoms with Gasteiger partial charge in [0, 0.05) is 18.5 Å². The molecule has 0 atom stereocenters. The highest BCUT2D eigenvalue weighted by molar-refractivity contribution is 5.94. The Balaban J connectivity index is 1.42. The molecule has 0 fully saturated rings. The van der Waals surface area contributed by atoms with Gasteiger partial charge in [-0.2, -0.15) is 0 Å². The van der Waals surface area contributed by atoms with E-state index in [0.717, 1.165) is 22.6 Å². The summed E-state index contributed by atoms with van der Waals surface area (Å²) in [6.07, 6.45) is 0.556. The van der Waals surface area contributed by atoms with Gasteiger partial charge in [-0.15, -0.1) is 0 Å². The molecule has 4 rings (SSSR count). The average Bonchev–Trinajstić information content (AvgIpc) is 3.12. The fourth-order valence-electron chi connectivity index (χ4n) is 3.47. The molecule has 0 saturated carbocycles. The van der Waals surface area contributed by atoms with Crippen LogP contribution in [0.3, 0.4) is 0 Å². The highest BCUT2D eigenvalue weighted by Crippen LogP contribution is 2.17. The Kier molecular flexibility index (Phi) is 6.26. The van der Waals surface area contributed by atoms with E-state index in [1.54, 1.807) is 6.07 Å². The summed E-state index contributed by atoms with van der Waals surface area (Å²) in [5.74, 6) is 0.972. The molecule has 1 amide bonds. The molecule has 0 aliphatic carbocycles. The number of benzene rings is 3. The van der Waals surface area contributed by atoms with Crippen molar-refractivity contribution in [3.63, 3.8) is 0 Å². The summed E-state index contributed by atoms with van der Waals surface area (Å²) < 4.78 is 21.4. The first-order valence-electron chi connectivity index (χ1n) is 10.3. The first-order valence-corrected chi connectivity index (χ1v) is 10.3. The molecular weight excluding hydrogens is 393 g/mol. The molecule has 0 aliphatic rings. The maximum Gasteiger partial charge on any atom is 0.251 e. The number of nitrogens with zero attached hydrogens (tertiary/aromatic N) is 2. The Bertz CT molecular complexity index is 1190. The van der Waals surface area contributed by atoms with Gasteiger partial charge < -0.3 is 14.6 Å². The number of imidazole rings is 1. The standard InChI is InChI=1S/C25H24FN3O2/c1-18-9-11-21(12-10-18)31-16-15-29-23-8-3-2-7-22(23)28-24(29)13-14-27-25(30)19-5-4-6-20(26)17-19/h2-12,17H,13-16H2,1H3,(H,27,30). The molecule has 0 spiro atoms. The Morgan fingerprint density at radius 3 is 2.68 bits per heavy atom. The minimum atomic E-state index is -0.428. The van der Waals surface area contributed by atoms with E-state index in [1.165, 1.54) is 23.8 Å². The van der Waals surface area contributed by atoms with Gasteiger partial charge in [-0.05, 0) is 49.4 Å². The lowest BCUT2D eigenvalue weighted by atomic mass is 10.2. The average molecular weight is 417 g/mol. The summed E-state index contributed by atoms with van der Waals surface area (Å²) in [7, 11) is 0. The zero-order chi connectivity index (χ0) is 21.6. The molecule has 158 valence electrons. The molecular formula is C25H24FN3O2. The lowest BCUT2D eigenvalue weighted by molar-refractivity contribution is 0.0953. The molecule has 1 aromatic heterocycles. The fraction of sp³-hybridized carbons (Fsp3) is 0.200. The Hall–Kier alpha value is -3.67. The second-order valence-electron chi connectivity index (χ2n) is 7.35. The quantitative estimate of drug-likeness (QED) is 0.458. The summed E-state index contributed by atoms with van der Waals surface area (Å²) >= 11 is 0. The van der Waals surface area contributed by atoms with Gasteiger partial charge in [0.15, 0.2) is 0 Å². The van der Waals surface area contributed by atoms with E-state index in [4.69, 9.17) is 9.72 Å². The van der Waals surface area contributed by atoms with Crippen LogP contribution < -0.4 is 10.1 Å². The SMILES string of the molecule is Cc1ccc(OCCn2c(CCNC(=O)c3cccc(F)c3)nc3ccccc32)cc1. The summed E-state index contributed by atoms with van der Waals surface area (Å²) in [6.45, 7) is 3.59. The summed E-state index contributed by atoms with van der Waals surface area (Å²) in [6, 6.07) is 21.6. The molecule has 5 nitrogen and oxygen atoms in total. The number of aromatic nitrogens is 2. The molecule has 0 radical (unpaired) electrons. The van der Waals surface area contributed by atoms with Crippen molar-refractivity contribution < 1.29 is 13.9 Å². The first kappa shape index (κ1) is 20.6. The molecule has 0 unspecified atom stereocenters. The van der Waals surface area contributed by atoms with Crippen LogP contribution in [-0.4, -0.2) is 28.6 Å². The van der Waals surface area contributed by atoms with Crippen molar-refractivity contribution >= 4 is 16.9 Å². The van der Waals surface area contributed by atoms with Crippen LogP contribution >= 0.6 is 0 Å². The van der Waals surface area contributed by atoms with Gasteiger partial charge in [0.25, 0.3) is 5.91 Å². The van der Waals surface area contributed by atoms with E-state index in [1.807, 2.05) is 55.5 Å². The molecule has 31 heavy (non-hydrogen) atoms. The molecule has 4 aromatic rings. The van der Waals surface area contributed by atoms with E-state index >= 15 is 0 Å². The number of nitrogens with one attached hydrogen (secondary N) is 1. The molecule has 0 bridgehead atoms. The number of hydrogen-bond donors (Lipinski definition) is 1. The summed E-state index contributed by atoms with van der Waals surface area (Å²) in [5, 5.41) is 2.84. The second kappa shape index (κ2) is 9.43. The third-order valence-electron chi connectivity index (χ3n) is 5.06. The van der Waals surface area contributed by atoms with Crippen LogP contribution in [-0.2, 0) is 13.0 Å². The van der Waals surface area contributed by atoms with Gasteiger partial charge in [0.1, 0.15) is 24.0 Å². The van der Waals surface area contributed by atoms with Crippen molar-refractivity contribution in [3.8, 4) is 5.75 Å². The number of amides is 1. The van der Waals surface area contributed by atoms with E-state index < -0.39 is 5.82 Å². The van der Waals surface area contributed by atoms with E-state index in [-0.39, 0.29) is 5.91 Å². The molecule has 6 heteroatoms. The maximum atomic E-state index is 13.3. The number of para-hydroxylation sites is 2. The first-order chi connectivity index (χ1) is 15.1. The van der Waals surface area contributed by atoms with Crippen molar-refractivity contribution in [1.29, 1.82) is 0 Å². The van der Waals surface area contributed by atoms with Crippen LogP contribution in [0.4, 0.5) is 4.39 Å². The van der Waals surface area contributed by atoms with Crippen LogP contribution in [0.1, 0.15) is 21.7 Å². The van der Waals surface area contributed by atoms with Gasteiger partial charge in [0.05, 0.1) is 17.6 Å². The van der Waals surface area contributed by atoms with Gasteiger partial charge in [-0.1, -0.05) is 35.9 Å². The lowest BCUT2D eigenvalue weighted by Crippen LogP contribution is -2.26. The lowest BCUT2D eigenvalue weighted by Gasteiger charge is -2.11. The Labute approximate surface area is 180 Å². The number of carbonyl (C=O) groups excluding carboxylic acids is 1. The van der Waals surface area contributed by atoms with Crippen molar-refractivity contribution in [3.05, 3.63) is 95.6 Å². The van der Waals surface area contributed by atoms with Crippen molar-refractivity contribution in [2.45, 2.75) is 19.9 Å². The molecule has 0 saturated heterocycles. The third kappa shape index (κ3) is 5.09. The summed E-state index contributed by atoms with van der Waals surface area (Å²) in [4.78, 5) is 17.0. The molecule has 3 aromatic carbocycles. The van der Waals surface area contributed by atoms with Crippen LogP contribution in [0.5, 0.6) is 5.75 Å². The summed E-state index contributed by atoms with van der Waals surface area (Å²) in [5.41, 5.74) is 3.43. The van der Waals surface area contributed by atoms with Crippen LogP contribution in [0.25, 0.3) is 11.0 Å². The number of fused-ring (bicyclic) bond motifs is 1. The van der Waals surface area contributed by atoms with Crippen LogP contribution in [0.15, 0.2) is 72.8 Å². The number of halogens is 1. The number of rotatable bonds is 8. The molecule has 0 aliphatic heterocycles.